The lowest BCUT2D eigenvalue weighted by atomic mass is 10.0. The van der Waals surface area contributed by atoms with Crippen LogP contribution in [0.5, 0.6) is 5.75 Å². The summed E-state index contributed by atoms with van der Waals surface area (Å²) in [5, 5.41) is 18.0. The summed E-state index contributed by atoms with van der Waals surface area (Å²) in [5.74, 6) is 2.44. The summed E-state index contributed by atoms with van der Waals surface area (Å²) < 4.78 is 0. The number of aromatic hydroxyl groups is 1. The van der Waals surface area contributed by atoms with Crippen LogP contribution in [-0.2, 0) is 4.79 Å². The number of carbonyl (C=O) groups is 1. The molecule has 5 nitrogen and oxygen atoms in total. The Bertz CT molecular complexity index is 784. The van der Waals surface area contributed by atoms with E-state index in [1.54, 1.807) is 28.5 Å². The van der Waals surface area contributed by atoms with Crippen LogP contribution in [-0.4, -0.2) is 57.8 Å². The minimum absolute atomic E-state index is 0.0431. The van der Waals surface area contributed by atoms with Crippen LogP contribution in [0.3, 0.4) is 0 Å². The maximum Gasteiger partial charge on any atom is 0.257 e. The van der Waals surface area contributed by atoms with E-state index in [9.17, 15) is 9.90 Å². The number of rotatable bonds is 4. The number of hydrogen-bond donors (Lipinski definition) is 1. The minimum Gasteiger partial charge on any atom is -0.508 e. The predicted molar refractivity (Wildman–Crippen MR) is 107 cm³/mol. The number of amides is 1. The lowest BCUT2D eigenvalue weighted by molar-refractivity contribution is -0.134. The molecule has 2 aliphatic heterocycles. The molecule has 0 unspecified atom stereocenters. The summed E-state index contributed by atoms with van der Waals surface area (Å²) in [7, 11) is 0. The van der Waals surface area contributed by atoms with Crippen molar-refractivity contribution in [2.24, 2.45) is 5.10 Å². The summed E-state index contributed by atoms with van der Waals surface area (Å²) in [4.78, 5) is 16.3. The van der Waals surface area contributed by atoms with Crippen molar-refractivity contribution in [2.45, 2.75) is 12.5 Å². The van der Waals surface area contributed by atoms with E-state index in [1.807, 2.05) is 41.4 Å². The van der Waals surface area contributed by atoms with E-state index in [0.29, 0.717) is 13.0 Å². The van der Waals surface area contributed by atoms with Crippen molar-refractivity contribution >= 4 is 34.7 Å². The summed E-state index contributed by atoms with van der Waals surface area (Å²) in [6.07, 6.45) is 0.701. The molecule has 7 heteroatoms. The molecular weight excluding hydrogens is 366 g/mol. The molecule has 4 rings (SSSR count). The van der Waals surface area contributed by atoms with E-state index in [-0.39, 0.29) is 17.7 Å². The van der Waals surface area contributed by atoms with Crippen LogP contribution in [0, 0.1) is 0 Å². The fourth-order valence-electron chi connectivity index (χ4n) is 3.31. The molecule has 1 aromatic heterocycles. The first-order valence-corrected chi connectivity index (χ1v) is 10.8. The van der Waals surface area contributed by atoms with Gasteiger partial charge >= 0.3 is 0 Å². The number of benzene rings is 1. The van der Waals surface area contributed by atoms with Crippen molar-refractivity contribution in [3.8, 4) is 5.75 Å². The van der Waals surface area contributed by atoms with Gasteiger partial charge in [0, 0.05) is 31.0 Å². The molecule has 0 aliphatic carbocycles. The van der Waals surface area contributed by atoms with E-state index >= 15 is 0 Å². The molecule has 2 aromatic rings. The van der Waals surface area contributed by atoms with Gasteiger partial charge in [0.1, 0.15) is 5.75 Å². The molecule has 2 aliphatic rings. The SMILES string of the molecule is O=C(CN1CCSCC1)N1N=C(c2cccs2)C[C@@H]1c1ccc(O)cc1. The highest BCUT2D eigenvalue weighted by Gasteiger charge is 2.34. The molecule has 136 valence electrons. The number of thioether (sulfide) groups is 1. The van der Waals surface area contributed by atoms with Crippen molar-refractivity contribution in [3.63, 3.8) is 0 Å². The van der Waals surface area contributed by atoms with Crippen LogP contribution in [0.25, 0.3) is 0 Å². The van der Waals surface area contributed by atoms with Crippen LogP contribution in [0.15, 0.2) is 46.9 Å². The first-order valence-electron chi connectivity index (χ1n) is 8.73. The van der Waals surface area contributed by atoms with Gasteiger partial charge in [-0.2, -0.15) is 16.9 Å². The Morgan fingerprint density at radius 1 is 1.19 bits per heavy atom. The van der Waals surface area contributed by atoms with Crippen LogP contribution >= 0.6 is 23.1 Å². The summed E-state index contributed by atoms with van der Waals surface area (Å²) in [5.41, 5.74) is 1.96. The zero-order valence-electron chi connectivity index (χ0n) is 14.4. The van der Waals surface area contributed by atoms with E-state index in [4.69, 9.17) is 5.10 Å². The quantitative estimate of drug-likeness (QED) is 0.875. The Hall–Kier alpha value is -1.83. The molecule has 1 N–H and O–H groups in total. The van der Waals surface area contributed by atoms with E-state index < -0.39 is 0 Å². The first-order chi connectivity index (χ1) is 12.7. The Balaban J connectivity index is 1.57. The van der Waals surface area contributed by atoms with Gasteiger partial charge < -0.3 is 5.11 Å². The summed E-state index contributed by atoms with van der Waals surface area (Å²) >= 11 is 3.59. The minimum atomic E-state index is -0.112. The maximum atomic E-state index is 13.0. The molecule has 1 fully saturated rings. The second-order valence-corrected chi connectivity index (χ2v) is 8.63. The van der Waals surface area contributed by atoms with Crippen LogP contribution in [0.2, 0.25) is 0 Å². The van der Waals surface area contributed by atoms with Gasteiger partial charge in [0.2, 0.25) is 0 Å². The molecule has 1 saturated heterocycles. The Morgan fingerprint density at radius 3 is 2.65 bits per heavy atom. The number of hydrogen-bond acceptors (Lipinski definition) is 6. The molecule has 1 amide bonds. The fourth-order valence-corrected chi connectivity index (χ4v) is 5.01. The zero-order valence-corrected chi connectivity index (χ0v) is 16.0. The molecule has 1 aromatic carbocycles. The highest BCUT2D eigenvalue weighted by molar-refractivity contribution is 7.99. The fraction of sp³-hybridized carbons (Fsp3) is 0.368. The maximum absolute atomic E-state index is 13.0. The van der Waals surface area contributed by atoms with Crippen LogP contribution in [0.4, 0.5) is 0 Å². The van der Waals surface area contributed by atoms with Crippen molar-refractivity contribution in [3.05, 3.63) is 52.2 Å². The zero-order chi connectivity index (χ0) is 17.9. The molecule has 26 heavy (non-hydrogen) atoms. The van der Waals surface area contributed by atoms with Crippen molar-refractivity contribution in [1.29, 1.82) is 0 Å². The van der Waals surface area contributed by atoms with Crippen molar-refractivity contribution in [1.82, 2.24) is 9.91 Å². The molecule has 3 heterocycles. The van der Waals surface area contributed by atoms with E-state index in [0.717, 1.165) is 40.7 Å². The number of phenolic OH excluding ortho intramolecular Hbond substituents is 1. The van der Waals surface area contributed by atoms with Gasteiger partial charge in [-0.15, -0.1) is 11.3 Å². The van der Waals surface area contributed by atoms with E-state index in [2.05, 4.69) is 4.90 Å². The third-order valence-electron chi connectivity index (χ3n) is 4.71. The largest absolute Gasteiger partial charge is 0.508 e. The number of phenols is 1. The Morgan fingerprint density at radius 2 is 1.96 bits per heavy atom. The van der Waals surface area contributed by atoms with Gasteiger partial charge in [-0.05, 0) is 29.1 Å². The summed E-state index contributed by atoms with van der Waals surface area (Å²) in [6, 6.07) is 11.0. The third kappa shape index (κ3) is 3.79. The molecule has 0 bridgehead atoms. The van der Waals surface area contributed by atoms with Gasteiger partial charge in [0.05, 0.1) is 23.2 Å². The molecule has 0 spiro atoms. The second-order valence-electron chi connectivity index (χ2n) is 6.46. The highest BCUT2D eigenvalue weighted by atomic mass is 32.2. The van der Waals surface area contributed by atoms with Gasteiger partial charge in [-0.25, -0.2) is 5.01 Å². The summed E-state index contributed by atoms with van der Waals surface area (Å²) in [6.45, 7) is 2.32. The molecule has 0 saturated carbocycles. The molecular formula is C19H21N3O2S2. The molecule has 0 radical (unpaired) electrons. The smallest absolute Gasteiger partial charge is 0.257 e. The first kappa shape index (κ1) is 17.6. The lowest BCUT2D eigenvalue weighted by Gasteiger charge is -2.28. The van der Waals surface area contributed by atoms with Gasteiger partial charge in [0.15, 0.2) is 0 Å². The molecule has 1 atom stereocenters. The third-order valence-corrected chi connectivity index (χ3v) is 6.57. The average Bonchev–Trinajstić information content (AvgIpc) is 3.33. The van der Waals surface area contributed by atoms with Gasteiger partial charge in [-0.1, -0.05) is 18.2 Å². The topological polar surface area (TPSA) is 56.1 Å². The van der Waals surface area contributed by atoms with E-state index in [1.165, 1.54) is 0 Å². The van der Waals surface area contributed by atoms with Crippen molar-refractivity contribution in [2.75, 3.05) is 31.1 Å². The highest BCUT2D eigenvalue weighted by Crippen LogP contribution is 2.34. The monoisotopic (exact) mass is 387 g/mol. The van der Waals surface area contributed by atoms with Gasteiger partial charge in [-0.3, -0.25) is 9.69 Å². The number of nitrogens with zero attached hydrogens (tertiary/aromatic N) is 3. The number of hydrazone groups is 1. The number of thiophene rings is 1. The van der Waals surface area contributed by atoms with Crippen LogP contribution < -0.4 is 0 Å². The van der Waals surface area contributed by atoms with Crippen LogP contribution in [0.1, 0.15) is 22.9 Å². The van der Waals surface area contributed by atoms with Gasteiger partial charge in [0.25, 0.3) is 5.91 Å². The standard InChI is InChI=1S/C19H21N3O2S2/c23-15-5-3-14(4-6-15)17-12-16(18-2-1-9-26-18)20-22(17)19(24)13-21-7-10-25-11-8-21/h1-6,9,17,23H,7-8,10-13H2/t17-/m1/s1. The van der Waals surface area contributed by atoms with Crippen molar-refractivity contribution < 1.29 is 9.90 Å². The normalized spacial score (nSPS) is 21.0. The average molecular weight is 388 g/mol. The lowest BCUT2D eigenvalue weighted by Crippen LogP contribution is -2.41. The Kier molecular flexibility index (Phi) is 5.28. The number of carbonyl (C=O) groups excluding carboxylic acids is 1. The predicted octanol–water partition coefficient (Wildman–Crippen LogP) is 3.18. The second kappa shape index (κ2) is 7.82. The Labute approximate surface area is 161 Å².